The fraction of sp³-hybridized carbons (Fsp3) is 0.385. The summed E-state index contributed by atoms with van der Waals surface area (Å²) in [6, 6.07) is 9.87. The largest absolute Gasteiger partial charge is 0.493 e. The number of nitrogens with zero attached hydrogens (tertiary/aromatic N) is 1. The second-order valence-corrected chi connectivity index (χ2v) is 9.86. The molecule has 4 atom stereocenters. The average molecular weight is 527 g/mol. The SMILES string of the molecule is COc1ccc(CCN2C(=O)[C@@H]3[C@@H](C2=O)[C@@]2(N[C@@H]3CCC(N)=O)C(=O)Nc3c(Cl)cccc32)cc1OC. The minimum Gasteiger partial charge on any atom is -0.493 e. The molecule has 4 N–H and O–H groups in total. The van der Waals surface area contributed by atoms with Crippen LogP contribution in [0.3, 0.4) is 0 Å². The first-order valence-corrected chi connectivity index (χ1v) is 12.3. The highest BCUT2D eigenvalue weighted by Gasteiger charge is 2.70. The van der Waals surface area contributed by atoms with E-state index in [1.165, 1.54) is 12.0 Å². The van der Waals surface area contributed by atoms with E-state index in [1.807, 2.05) is 6.07 Å². The molecule has 0 unspecified atom stereocenters. The Morgan fingerprint density at radius 3 is 2.57 bits per heavy atom. The zero-order valence-corrected chi connectivity index (χ0v) is 21.1. The lowest BCUT2D eigenvalue weighted by Crippen LogP contribution is -2.53. The van der Waals surface area contributed by atoms with E-state index < -0.39 is 41.1 Å². The highest BCUT2D eigenvalue weighted by molar-refractivity contribution is 6.35. The zero-order chi connectivity index (χ0) is 26.5. The number of amides is 4. The fourth-order valence-electron chi connectivity index (χ4n) is 5.90. The summed E-state index contributed by atoms with van der Waals surface area (Å²) in [5, 5.41) is 6.39. The van der Waals surface area contributed by atoms with Gasteiger partial charge in [-0.3, -0.25) is 29.4 Å². The van der Waals surface area contributed by atoms with Crippen LogP contribution in [-0.4, -0.2) is 55.3 Å². The van der Waals surface area contributed by atoms with Gasteiger partial charge in [-0.1, -0.05) is 29.8 Å². The Balaban J connectivity index is 1.48. The summed E-state index contributed by atoms with van der Waals surface area (Å²) in [7, 11) is 3.08. The predicted molar refractivity (Wildman–Crippen MR) is 134 cm³/mol. The first-order valence-electron chi connectivity index (χ1n) is 12.0. The third-order valence-electron chi connectivity index (χ3n) is 7.56. The van der Waals surface area contributed by atoms with Crippen LogP contribution in [0, 0.1) is 11.8 Å². The Kier molecular flexibility index (Phi) is 6.33. The van der Waals surface area contributed by atoms with Crippen LogP contribution in [0.4, 0.5) is 5.69 Å². The zero-order valence-electron chi connectivity index (χ0n) is 20.4. The third kappa shape index (κ3) is 3.82. The molecule has 2 aromatic carbocycles. The van der Waals surface area contributed by atoms with Crippen LogP contribution >= 0.6 is 11.6 Å². The Morgan fingerprint density at radius 1 is 1.11 bits per heavy atom. The summed E-state index contributed by atoms with van der Waals surface area (Å²) in [5.74, 6) is -2.48. The summed E-state index contributed by atoms with van der Waals surface area (Å²) >= 11 is 6.35. The number of carbonyl (C=O) groups is 4. The summed E-state index contributed by atoms with van der Waals surface area (Å²) in [5.41, 5.74) is 5.69. The van der Waals surface area contributed by atoms with E-state index >= 15 is 0 Å². The summed E-state index contributed by atoms with van der Waals surface area (Å²) in [6.45, 7) is 0.128. The van der Waals surface area contributed by atoms with Crippen molar-refractivity contribution < 1.29 is 28.7 Å². The average Bonchev–Trinajstić information content (AvgIpc) is 3.46. The maximum absolute atomic E-state index is 13.8. The van der Waals surface area contributed by atoms with Gasteiger partial charge < -0.3 is 20.5 Å². The minimum absolute atomic E-state index is 0.00804. The van der Waals surface area contributed by atoms with Crippen molar-refractivity contribution in [2.24, 2.45) is 17.6 Å². The second kappa shape index (κ2) is 9.35. The van der Waals surface area contributed by atoms with Crippen LogP contribution in [0.1, 0.15) is 24.0 Å². The Bertz CT molecular complexity index is 1320. The number of methoxy groups -OCH3 is 2. The second-order valence-electron chi connectivity index (χ2n) is 9.45. The molecule has 5 rings (SSSR count). The van der Waals surface area contributed by atoms with Crippen molar-refractivity contribution in [3.63, 3.8) is 0 Å². The molecule has 37 heavy (non-hydrogen) atoms. The lowest BCUT2D eigenvalue weighted by atomic mass is 9.76. The molecule has 194 valence electrons. The van der Waals surface area contributed by atoms with Gasteiger partial charge in [0.05, 0.1) is 36.8 Å². The van der Waals surface area contributed by atoms with Crippen molar-refractivity contribution in [3.05, 3.63) is 52.5 Å². The number of likely N-dealkylation sites (tertiary alicyclic amines) is 1. The normalized spacial score (nSPS) is 25.9. The first-order chi connectivity index (χ1) is 17.7. The van der Waals surface area contributed by atoms with E-state index in [-0.39, 0.29) is 25.3 Å². The third-order valence-corrected chi connectivity index (χ3v) is 7.88. The van der Waals surface area contributed by atoms with Gasteiger partial charge in [-0.15, -0.1) is 0 Å². The van der Waals surface area contributed by atoms with Gasteiger partial charge in [0.2, 0.25) is 23.6 Å². The predicted octanol–water partition coefficient (Wildman–Crippen LogP) is 1.59. The van der Waals surface area contributed by atoms with Crippen LogP contribution < -0.4 is 25.8 Å². The van der Waals surface area contributed by atoms with Crippen molar-refractivity contribution in [2.75, 3.05) is 26.1 Å². The van der Waals surface area contributed by atoms with E-state index in [9.17, 15) is 19.2 Å². The van der Waals surface area contributed by atoms with Gasteiger partial charge in [0.15, 0.2) is 11.5 Å². The van der Waals surface area contributed by atoms with E-state index in [0.717, 1.165) is 5.56 Å². The van der Waals surface area contributed by atoms with Gasteiger partial charge >= 0.3 is 0 Å². The number of fused-ring (bicyclic) bond motifs is 4. The van der Waals surface area contributed by atoms with Crippen LogP contribution in [0.5, 0.6) is 11.5 Å². The number of primary amides is 1. The van der Waals surface area contributed by atoms with Crippen LogP contribution in [0.2, 0.25) is 5.02 Å². The Morgan fingerprint density at radius 2 is 1.86 bits per heavy atom. The number of rotatable bonds is 8. The first kappa shape index (κ1) is 25.0. The van der Waals surface area contributed by atoms with Gasteiger partial charge in [-0.25, -0.2) is 0 Å². The number of ether oxygens (including phenoxy) is 2. The van der Waals surface area contributed by atoms with Gasteiger partial charge in [-0.2, -0.15) is 0 Å². The monoisotopic (exact) mass is 526 g/mol. The molecular weight excluding hydrogens is 500 g/mol. The van der Waals surface area contributed by atoms with Gasteiger partial charge in [0.25, 0.3) is 0 Å². The fourth-order valence-corrected chi connectivity index (χ4v) is 6.12. The van der Waals surface area contributed by atoms with Crippen LogP contribution in [0.25, 0.3) is 0 Å². The van der Waals surface area contributed by atoms with E-state index in [0.29, 0.717) is 34.2 Å². The van der Waals surface area contributed by atoms with Crippen LogP contribution in [0.15, 0.2) is 36.4 Å². The number of benzene rings is 2. The number of halogens is 1. The molecule has 0 aromatic heterocycles. The summed E-state index contributed by atoms with van der Waals surface area (Å²) in [4.78, 5) is 53.8. The lowest BCUT2D eigenvalue weighted by molar-refractivity contribution is -0.142. The Hall–Kier alpha value is -3.63. The van der Waals surface area contributed by atoms with Crippen molar-refractivity contribution >= 4 is 40.9 Å². The van der Waals surface area contributed by atoms with Crippen molar-refractivity contribution in [2.45, 2.75) is 30.8 Å². The molecular formula is C26H27ClN4O6. The molecule has 4 amide bonds. The van der Waals surface area contributed by atoms with Gasteiger partial charge in [-0.05, 0) is 36.6 Å². The summed E-state index contributed by atoms with van der Waals surface area (Å²) in [6.07, 6.45) is 0.607. The lowest BCUT2D eigenvalue weighted by Gasteiger charge is -2.29. The molecule has 2 fully saturated rings. The van der Waals surface area contributed by atoms with Gasteiger partial charge in [0.1, 0.15) is 5.54 Å². The molecule has 0 aliphatic carbocycles. The van der Waals surface area contributed by atoms with Crippen LogP contribution in [-0.2, 0) is 31.1 Å². The number of imide groups is 1. The number of hydrogen-bond acceptors (Lipinski definition) is 7. The van der Waals surface area contributed by atoms with Gasteiger partial charge in [0, 0.05) is 24.6 Å². The molecule has 2 saturated heterocycles. The molecule has 3 aliphatic heterocycles. The molecule has 0 bridgehead atoms. The van der Waals surface area contributed by atoms with E-state index in [4.69, 9.17) is 26.8 Å². The molecule has 3 heterocycles. The molecule has 0 radical (unpaired) electrons. The summed E-state index contributed by atoms with van der Waals surface area (Å²) < 4.78 is 10.6. The maximum Gasteiger partial charge on any atom is 0.250 e. The smallest absolute Gasteiger partial charge is 0.250 e. The number of nitrogens with one attached hydrogen (secondary N) is 2. The number of nitrogens with two attached hydrogens (primary N) is 1. The molecule has 2 aromatic rings. The van der Waals surface area contributed by atoms with Crippen molar-refractivity contribution in [3.8, 4) is 11.5 Å². The molecule has 0 saturated carbocycles. The quantitative estimate of drug-likeness (QED) is 0.444. The molecule has 10 nitrogen and oxygen atoms in total. The standard InChI is InChI=1S/C26H27ClN4O6/c1-36-17-8-6-13(12-18(17)37-2)10-11-31-23(33)20-16(7-9-19(28)32)30-26(21(20)24(31)34)14-4-3-5-15(27)22(14)29-25(26)35/h3-6,8,12,16,20-21,30H,7,9-11H2,1-2H3,(H2,28,32)(H,29,35)/t16-,20+,21+,26-/m1/s1. The molecule has 3 aliphatic rings. The van der Waals surface area contributed by atoms with Crippen molar-refractivity contribution in [1.82, 2.24) is 10.2 Å². The van der Waals surface area contributed by atoms with E-state index in [2.05, 4.69) is 10.6 Å². The van der Waals surface area contributed by atoms with E-state index in [1.54, 1.807) is 37.4 Å². The minimum atomic E-state index is -1.47. The number of hydrogen-bond donors (Lipinski definition) is 3. The van der Waals surface area contributed by atoms with Crippen molar-refractivity contribution in [1.29, 1.82) is 0 Å². The number of anilines is 1. The molecule has 11 heteroatoms. The molecule has 1 spiro atoms. The Labute approximate surface area is 218 Å². The highest BCUT2D eigenvalue weighted by atomic mass is 35.5. The maximum atomic E-state index is 13.8. The number of carbonyl (C=O) groups excluding carboxylic acids is 4. The topological polar surface area (TPSA) is 140 Å². The highest BCUT2D eigenvalue weighted by Crippen LogP contribution is 2.54. The number of para-hydroxylation sites is 1.